The highest BCUT2D eigenvalue weighted by Crippen LogP contribution is 2.30. The number of hydrogen-bond donors (Lipinski definition) is 2. The molecular formula is C13H21N5O2. The molecule has 110 valence electrons. The smallest absolute Gasteiger partial charge is 0.332 e. The Labute approximate surface area is 118 Å². The van der Waals surface area contributed by atoms with E-state index in [0.717, 1.165) is 19.3 Å². The fraction of sp³-hybridized carbons (Fsp3) is 0.692. The van der Waals surface area contributed by atoms with E-state index in [1.807, 2.05) is 0 Å². The van der Waals surface area contributed by atoms with Gasteiger partial charge in [-0.3, -0.25) is 10.1 Å². The maximum absolute atomic E-state index is 11.2. The molecule has 1 aliphatic carbocycles. The number of nitro groups is 1. The summed E-state index contributed by atoms with van der Waals surface area (Å²) in [5, 5.41) is 14.4. The van der Waals surface area contributed by atoms with Gasteiger partial charge in [-0.15, -0.1) is 0 Å². The van der Waals surface area contributed by atoms with Crippen LogP contribution in [0.5, 0.6) is 0 Å². The lowest BCUT2D eigenvalue weighted by Gasteiger charge is -2.23. The molecule has 20 heavy (non-hydrogen) atoms. The largest absolute Gasteiger partial charge is 0.368 e. The summed E-state index contributed by atoms with van der Waals surface area (Å²) >= 11 is 0. The van der Waals surface area contributed by atoms with Crippen molar-refractivity contribution in [2.24, 2.45) is 5.92 Å². The van der Waals surface area contributed by atoms with Crippen molar-refractivity contribution in [2.45, 2.75) is 52.0 Å². The molecule has 1 saturated carbocycles. The topological polar surface area (TPSA) is 107 Å². The molecule has 1 aliphatic rings. The maximum Gasteiger partial charge on any atom is 0.332 e. The summed E-state index contributed by atoms with van der Waals surface area (Å²) in [6.07, 6.45) is 5.70. The molecule has 2 unspecified atom stereocenters. The number of nitrogens with one attached hydrogen (secondary N) is 1. The van der Waals surface area contributed by atoms with Gasteiger partial charge in [0.25, 0.3) is 0 Å². The summed E-state index contributed by atoms with van der Waals surface area (Å²) in [4.78, 5) is 18.6. The van der Waals surface area contributed by atoms with Gasteiger partial charge >= 0.3 is 5.69 Å². The fourth-order valence-electron chi connectivity index (χ4n) is 2.79. The highest BCUT2D eigenvalue weighted by atomic mass is 16.6. The van der Waals surface area contributed by atoms with Gasteiger partial charge in [0, 0.05) is 6.04 Å². The van der Waals surface area contributed by atoms with E-state index in [4.69, 9.17) is 5.73 Å². The lowest BCUT2D eigenvalue weighted by Crippen LogP contribution is -2.27. The van der Waals surface area contributed by atoms with E-state index in [0.29, 0.717) is 11.6 Å². The van der Waals surface area contributed by atoms with Crippen molar-refractivity contribution in [1.29, 1.82) is 0 Å². The Hall–Kier alpha value is -1.92. The standard InChI is InChI=1S/C13H21N5O2/c1-8-6-4-3-5-7-10(8)16-12-11(18(19)20)9(2)15-13(14)17-12/h8,10H,3-7H2,1-2H3,(H3,14,15,16,17). The van der Waals surface area contributed by atoms with Gasteiger partial charge in [0.15, 0.2) is 0 Å². The number of rotatable bonds is 3. The zero-order valence-electron chi connectivity index (χ0n) is 11.9. The molecule has 1 fully saturated rings. The van der Waals surface area contributed by atoms with Crippen molar-refractivity contribution in [3.8, 4) is 0 Å². The van der Waals surface area contributed by atoms with Crippen molar-refractivity contribution >= 4 is 17.5 Å². The average Bonchev–Trinajstić information content (AvgIpc) is 2.53. The number of aromatic nitrogens is 2. The Morgan fingerprint density at radius 2 is 2.00 bits per heavy atom. The van der Waals surface area contributed by atoms with Crippen LogP contribution in [0.25, 0.3) is 0 Å². The van der Waals surface area contributed by atoms with Gasteiger partial charge in [0.1, 0.15) is 5.69 Å². The molecule has 0 radical (unpaired) electrons. The zero-order chi connectivity index (χ0) is 14.7. The third-order valence-electron chi connectivity index (χ3n) is 3.94. The van der Waals surface area contributed by atoms with Crippen LogP contribution in [0.3, 0.4) is 0 Å². The van der Waals surface area contributed by atoms with Crippen LogP contribution >= 0.6 is 0 Å². The molecular weight excluding hydrogens is 258 g/mol. The molecule has 7 nitrogen and oxygen atoms in total. The summed E-state index contributed by atoms with van der Waals surface area (Å²) < 4.78 is 0. The van der Waals surface area contributed by atoms with Crippen LogP contribution in [-0.2, 0) is 0 Å². The number of nitrogen functional groups attached to an aromatic ring is 1. The zero-order valence-corrected chi connectivity index (χ0v) is 11.9. The molecule has 1 heterocycles. The van der Waals surface area contributed by atoms with Crippen molar-refractivity contribution in [2.75, 3.05) is 11.1 Å². The number of hydrogen-bond acceptors (Lipinski definition) is 6. The Morgan fingerprint density at radius 3 is 2.70 bits per heavy atom. The maximum atomic E-state index is 11.2. The van der Waals surface area contributed by atoms with E-state index in [-0.39, 0.29) is 23.5 Å². The van der Waals surface area contributed by atoms with Crippen LogP contribution in [0.4, 0.5) is 17.5 Å². The average molecular weight is 279 g/mol. The van der Waals surface area contributed by atoms with E-state index < -0.39 is 4.92 Å². The van der Waals surface area contributed by atoms with Crippen molar-refractivity contribution < 1.29 is 4.92 Å². The SMILES string of the molecule is Cc1nc(N)nc(NC2CCCCCC2C)c1[N+](=O)[O-]. The second-order valence-electron chi connectivity index (χ2n) is 5.49. The minimum atomic E-state index is -0.446. The van der Waals surface area contributed by atoms with Crippen molar-refractivity contribution in [1.82, 2.24) is 9.97 Å². The van der Waals surface area contributed by atoms with Crippen LogP contribution < -0.4 is 11.1 Å². The van der Waals surface area contributed by atoms with Crippen LogP contribution in [0.1, 0.15) is 44.7 Å². The second-order valence-corrected chi connectivity index (χ2v) is 5.49. The van der Waals surface area contributed by atoms with Gasteiger partial charge in [-0.2, -0.15) is 4.98 Å². The first-order chi connectivity index (χ1) is 9.49. The first-order valence-electron chi connectivity index (χ1n) is 7.04. The fourth-order valence-corrected chi connectivity index (χ4v) is 2.79. The molecule has 7 heteroatoms. The van der Waals surface area contributed by atoms with E-state index in [1.54, 1.807) is 6.92 Å². The van der Waals surface area contributed by atoms with Crippen molar-refractivity contribution in [3.05, 3.63) is 15.8 Å². The van der Waals surface area contributed by atoms with Gasteiger partial charge in [-0.05, 0) is 25.7 Å². The molecule has 1 aromatic rings. The lowest BCUT2D eigenvalue weighted by atomic mass is 9.97. The predicted molar refractivity (Wildman–Crippen MR) is 77.5 cm³/mol. The number of nitrogens with two attached hydrogens (primary N) is 1. The van der Waals surface area contributed by atoms with E-state index in [1.165, 1.54) is 12.8 Å². The lowest BCUT2D eigenvalue weighted by molar-refractivity contribution is -0.385. The third-order valence-corrected chi connectivity index (χ3v) is 3.94. The Kier molecular flexibility index (Phi) is 4.36. The number of anilines is 2. The molecule has 2 atom stereocenters. The van der Waals surface area contributed by atoms with Gasteiger partial charge in [0.05, 0.1) is 4.92 Å². The highest BCUT2D eigenvalue weighted by molar-refractivity contribution is 5.60. The first kappa shape index (κ1) is 14.5. The van der Waals surface area contributed by atoms with Crippen LogP contribution in [-0.4, -0.2) is 20.9 Å². The number of aryl methyl sites for hydroxylation is 1. The van der Waals surface area contributed by atoms with E-state index in [9.17, 15) is 10.1 Å². The normalized spacial score (nSPS) is 23.1. The second kappa shape index (κ2) is 6.02. The van der Waals surface area contributed by atoms with Crippen LogP contribution in [0, 0.1) is 23.0 Å². The molecule has 2 rings (SSSR count). The van der Waals surface area contributed by atoms with Gasteiger partial charge < -0.3 is 11.1 Å². The molecule has 0 spiro atoms. The third kappa shape index (κ3) is 3.15. The molecule has 0 saturated heterocycles. The minimum absolute atomic E-state index is 0.0666. The molecule has 0 amide bonds. The Morgan fingerprint density at radius 1 is 1.30 bits per heavy atom. The molecule has 3 N–H and O–H groups in total. The van der Waals surface area contributed by atoms with E-state index in [2.05, 4.69) is 22.2 Å². The summed E-state index contributed by atoms with van der Waals surface area (Å²) in [6, 6.07) is 0.199. The van der Waals surface area contributed by atoms with Gasteiger partial charge in [0.2, 0.25) is 11.8 Å². The van der Waals surface area contributed by atoms with E-state index >= 15 is 0 Å². The van der Waals surface area contributed by atoms with Crippen molar-refractivity contribution in [3.63, 3.8) is 0 Å². The van der Waals surface area contributed by atoms with Gasteiger partial charge in [-0.25, -0.2) is 4.98 Å². The summed E-state index contributed by atoms with van der Waals surface area (Å²) in [5.41, 5.74) is 5.84. The highest BCUT2D eigenvalue weighted by Gasteiger charge is 2.26. The summed E-state index contributed by atoms with van der Waals surface area (Å²) in [5.74, 6) is 0.782. The minimum Gasteiger partial charge on any atom is -0.368 e. The summed E-state index contributed by atoms with van der Waals surface area (Å²) in [7, 11) is 0. The Bertz CT molecular complexity index is 506. The molecule has 0 aromatic carbocycles. The molecule has 1 aromatic heterocycles. The monoisotopic (exact) mass is 279 g/mol. The Balaban J connectivity index is 2.29. The molecule has 0 bridgehead atoms. The number of nitrogens with zero attached hydrogens (tertiary/aromatic N) is 3. The van der Waals surface area contributed by atoms with Gasteiger partial charge in [-0.1, -0.05) is 26.2 Å². The quantitative estimate of drug-likeness (QED) is 0.500. The van der Waals surface area contributed by atoms with Crippen LogP contribution in [0.2, 0.25) is 0 Å². The summed E-state index contributed by atoms with van der Waals surface area (Å²) in [6.45, 7) is 3.75. The van der Waals surface area contributed by atoms with Crippen LogP contribution in [0.15, 0.2) is 0 Å². The molecule has 0 aliphatic heterocycles. The first-order valence-corrected chi connectivity index (χ1v) is 7.04. The predicted octanol–water partition coefficient (Wildman–Crippen LogP) is 2.66.